The van der Waals surface area contributed by atoms with Crippen LogP contribution in [0.25, 0.3) is 0 Å². The van der Waals surface area contributed by atoms with E-state index in [1.165, 1.54) is 77.4 Å². The maximum atomic E-state index is 5.85. The third-order valence-corrected chi connectivity index (χ3v) is 4.31. The molecule has 3 nitrogen and oxygen atoms in total. The fraction of sp³-hybridized carbons (Fsp3) is 1.00. The van der Waals surface area contributed by atoms with Crippen molar-refractivity contribution in [3.05, 3.63) is 0 Å². The first-order valence-corrected chi connectivity index (χ1v) is 8.90. The molecule has 0 aromatic rings. The Morgan fingerprint density at radius 3 is 2.25 bits per heavy atom. The number of nitrogens with zero attached hydrogens (tertiary/aromatic N) is 1. The van der Waals surface area contributed by atoms with Gasteiger partial charge in [-0.15, -0.1) is 0 Å². The molecule has 1 aliphatic rings. The molecule has 0 aliphatic carbocycles. The van der Waals surface area contributed by atoms with Gasteiger partial charge in [-0.05, 0) is 38.8 Å². The molecule has 2 N–H and O–H groups in total. The van der Waals surface area contributed by atoms with E-state index in [9.17, 15) is 0 Å². The van der Waals surface area contributed by atoms with E-state index in [0.29, 0.717) is 6.10 Å². The van der Waals surface area contributed by atoms with E-state index in [1.807, 2.05) is 0 Å². The summed E-state index contributed by atoms with van der Waals surface area (Å²) in [5, 5.41) is 0. The Bertz CT molecular complexity index is 203. The summed E-state index contributed by atoms with van der Waals surface area (Å²) in [4.78, 5) is 2.62. The summed E-state index contributed by atoms with van der Waals surface area (Å²) in [5.74, 6) is 0. The highest BCUT2D eigenvalue weighted by molar-refractivity contribution is 4.72. The summed E-state index contributed by atoms with van der Waals surface area (Å²) in [5.41, 5.74) is 5.48. The van der Waals surface area contributed by atoms with Gasteiger partial charge in [0, 0.05) is 19.7 Å². The van der Waals surface area contributed by atoms with E-state index >= 15 is 0 Å². The number of nitrogens with two attached hydrogens (primary N) is 1. The molecule has 0 spiro atoms. The lowest BCUT2D eigenvalue weighted by Gasteiger charge is -2.31. The Morgan fingerprint density at radius 1 is 0.950 bits per heavy atom. The van der Waals surface area contributed by atoms with Gasteiger partial charge in [-0.25, -0.2) is 0 Å². The Labute approximate surface area is 126 Å². The van der Waals surface area contributed by atoms with Gasteiger partial charge in [-0.2, -0.15) is 0 Å². The summed E-state index contributed by atoms with van der Waals surface area (Å²) >= 11 is 0. The third kappa shape index (κ3) is 8.93. The highest BCUT2D eigenvalue weighted by Crippen LogP contribution is 2.15. The summed E-state index contributed by atoms with van der Waals surface area (Å²) < 4.78 is 5.85. The van der Waals surface area contributed by atoms with Gasteiger partial charge < -0.3 is 15.4 Å². The molecule has 1 rings (SSSR count). The van der Waals surface area contributed by atoms with Crippen molar-refractivity contribution in [2.24, 2.45) is 5.73 Å². The first kappa shape index (κ1) is 17.9. The number of piperidine rings is 1. The fourth-order valence-electron chi connectivity index (χ4n) is 2.93. The largest absolute Gasteiger partial charge is 0.378 e. The number of likely N-dealkylation sites (tertiary alicyclic amines) is 1. The number of rotatable bonds is 12. The quantitative estimate of drug-likeness (QED) is 0.557. The van der Waals surface area contributed by atoms with Crippen LogP contribution in [0.3, 0.4) is 0 Å². The van der Waals surface area contributed by atoms with Crippen molar-refractivity contribution in [3.8, 4) is 0 Å². The minimum Gasteiger partial charge on any atom is -0.378 e. The average Bonchev–Trinajstić information content (AvgIpc) is 2.48. The maximum absolute atomic E-state index is 5.85. The second-order valence-corrected chi connectivity index (χ2v) is 6.18. The molecule has 0 radical (unpaired) electrons. The number of hydrogen-bond donors (Lipinski definition) is 1. The lowest BCUT2D eigenvalue weighted by molar-refractivity contribution is 0.00700. The number of unbranched alkanes of at least 4 members (excludes halogenated alkanes) is 6. The van der Waals surface area contributed by atoms with Crippen molar-refractivity contribution < 1.29 is 4.74 Å². The minimum atomic E-state index is 0.492. The molecule has 1 fully saturated rings. The molecule has 1 aliphatic heterocycles. The summed E-state index contributed by atoms with van der Waals surface area (Å²) in [6, 6.07) is 0. The van der Waals surface area contributed by atoms with Crippen LogP contribution in [0.2, 0.25) is 0 Å². The average molecular weight is 284 g/mol. The first-order chi connectivity index (χ1) is 9.86. The van der Waals surface area contributed by atoms with Crippen LogP contribution in [0, 0.1) is 0 Å². The molecule has 20 heavy (non-hydrogen) atoms. The third-order valence-electron chi connectivity index (χ3n) is 4.31. The second kappa shape index (κ2) is 12.6. The van der Waals surface area contributed by atoms with Gasteiger partial charge in [0.25, 0.3) is 0 Å². The van der Waals surface area contributed by atoms with Crippen molar-refractivity contribution in [2.45, 2.75) is 77.2 Å². The number of ether oxygens (including phenoxy) is 1. The van der Waals surface area contributed by atoms with Crippen molar-refractivity contribution >= 4 is 0 Å². The smallest absolute Gasteiger partial charge is 0.0599 e. The van der Waals surface area contributed by atoms with Crippen molar-refractivity contribution in [1.82, 2.24) is 4.90 Å². The van der Waals surface area contributed by atoms with Gasteiger partial charge in [0.2, 0.25) is 0 Å². The monoisotopic (exact) mass is 284 g/mol. The highest BCUT2D eigenvalue weighted by atomic mass is 16.5. The Kier molecular flexibility index (Phi) is 11.3. The molecular weight excluding hydrogens is 248 g/mol. The molecule has 0 amide bonds. The molecule has 0 atom stereocenters. The summed E-state index contributed by atoms with van der Waals surface area (Å²) in [6.45, 7) is 7.62. The van der Waals surface area contributed by atoms with Crippen molar-refractivity contribution in [2.75, 3.05) is 32.8 Å². The second-order valence-electron chi connectivity index (χ2n) is 6.18. The van der Waals surface area contributed by atoms with Gasteiger partial charge in [0.1, 0.15) is 0 Å². The van der Waals surface area contributed by atoms with Crippen LogP contribution in [0.1, 0.15) is 71.1 Å². The van der Waals surface area contributed by atoms with Crippen LogP contribution >= 0.6 is 0 Å². The fourth-order valence-corrected chi connectivity index (χ4v) is 2.93. The summed E-state index contributed by atoms with van der Waals surface area (Å²) in [7, 11) is 0. The molecule has 3 heteroatoms. The molecule has 120 valence electrons. The van der Waals surface area contributed by atoms with Crippen LogP contribution in [-0.4, -0.2) is 43.8 Å². The summed E-state index contributed by atoms with van der Waals surface area (Å²) in [6.07, 6.45) is 13.8. The van der Waals surface area contributed by atoms with E-state index in [-0.39, 0.29) is 0 Å². The molecule has 0 aromatic heterocycles. The molecular formula is C17H36N2O. The van der Waals surface area contributed by atoms with E-state index < -0.39 is 0 Å². The van der Waals surface area contributed by atoms with Gasteiger partial charge in [-0.1, -0.05) is 45.4 Å². The highest BCUT2D eigenvalue weighted by Gasteiger charge is 2.18. The Hall–Kier alpha value is -0.120. The zero-order valence-corrected chi connectivity index (χ0v) is 13.6. The maximum Gasteiger partial charge on any atom is 0.0599 e. The van der Waals surface area contributed by atoms with Crippen LogP contribution in [0.15, 0.2) is 0 Å². The van der Waals surface area contributed by atoms with Crippen molar-refractivity contribution in [3.63, 3.8) is 0 Å². The molecule has 0 aromatic carbocycles. The van der Waals surface area contributed by atoms with Crippen LogP contribution in [0.5, 0.6) is 0 Å². The van der Waals surface area contributed by atoms with Crippen LogP contribution in [-0.2, 0) is 4.74 Å². The molecule has 1 heterocycles. The lowest BCUT2D eigenvalue weighted by atomic mass is 10.1. The van der Waals surface area contributed by atoms with E-state index in [4.69, 9.17) is 10.5 Å². The topological polar surface area (TPSA) is 38.5 Å². The van der Waals surface area contributed by atoms with Crippen LogP contribution in [0.4, 0.5) is 0 Å². The van der Waals surface area contributed by atoms with Crippen LogP contribution < -0.4 is 5.73 Å². The number of hydrogen-bond acceptors (Lipinski definition) is 3. The minimum absolute atomic E-state index is 0.492. The van der Waals surface area contributed by atoms with E-state index in [2.05, 4.69) is 11.8 Å². The first-order valence-electron chi connectivity index (χ1n) is 8.90. The molecule has 0 bridgehead atoms. The van der Waals surface area contributed by atoms with Gasteiger partial charge >= 0.3 is 0 Å². The Morgan fingerprint density at radius 2 is 1.60 bits per heavy atom. The molecule has 0 unspecified atom stereocenters. The zero-order chi connectivity index (χ0) is 14.5. The SMILES string of the molecule is CCCCCCCCCN1CCC(OCCCN)CC1. The predicted molar refractivity (Wildman–Crippen MR) is 87.1 cm³/mol. The predicted octanol–water partition coefficient (Wildman–Crippen LogP) is 3.57. The lowest BCUT2D eigenvalue weighted by Crippen LogP contribution is -2.37. The van der Waals surface area contributed by atoms with Gasteiger partial charge in [0.05, 0.1) is 6.10 Å². The van der Waals surface area contributed by atoms with E-state index in [0.717, 1.165) is 19.6 Å². The van der Waals surface area contributed by atoms with E-state index in [1.54, 1.807) is 0 Å². The van der Waals surface area contributed by atoms with Crippen molar-refractivity contribution in [1.29, 1.82) is 0 Å². The molecule has 1 saturated heterocycles. The zero-order valence-electron chi connectivity index (χ0n) is 13.6. The van der Waals surface area contributed by atoms with Gasteiger partial charge in [-0.3, -0.25) is 0 Å². The normalized spacial score (nSPS) is 17.7. The molecule has 0 saturated carbocycles. The standard InChI is InChI=1S/C17H36N2O/c1-2-3-4-5-6-7-8-13-19-14-10-17(11-15-19)20-16-9-12-18/h17H,2-16,18H2,1H3. The Balaban J connectivity index is 1.89. The van der Waals surface area contributed by atoms with Gasteiger partial charge in [0.15, 0.2) is 0 Å².